The van der Waals surface area contributed by atoms with E-state index in [1.807, 2.05) is 18.7 Å². The topological polar surface area (TPSA) is 61.4 Å². The van der Waals surface area contributed by atoms with Gasteiger partial charge in [0.05, 0.1) is 12.5 Å². The van der Waals surface area contributed by atoms with Gasteiger partial charge in [-0.2, -0.15) is 0 Å². The Bertz CT molecular complexity index is 607. The first kappa shape index (κ1) is 18.3. The fourth-order valence-electron chi connectivity index (χ4n) is 2.61. The second-order valence-corrected chi connectivity index (χ2v) is 6.43. The minimum atomic E-state index is -0.916. The number of piperazine rings is 1. The summed E-state index contributed by atoms with van der Waals surface area (Å²) in [6.07, 6.45) is 0.0439. The minimum absolute atomic E-state index is 0.0439. The SMILES string of the molecule is CC(C)CNC(=O)CC1C(=O)NCCN1Cc1ccc(F)c(F)c1. The van der Waals surface area contributed by atoms with Crippen molar-refractivity contribution >= 4 is 11.8 Å². The van der Waals surface area contributed by atoms with E-state index in [4.69, 9.17) is 0 Å². The predicted octanol–water partition coefficient (Wildman–Crippen LogP) is 1.43. The van der Waals surface area contributed by atoms with Gasteiger partial charge in [0.15, 0.2) is 11.6 Å². The Balaban J connectivity index is 2.03. The predicted molar refractivity (Wildman–Crippen MR) is 86.0 cm³/mol. The monoisotopic (exact) mass is 339 g/mol. The number of rotatable bonds is 6. The summed E-state index contributed by atoms with van der Waals surface area (Å²) in [6, 6.07) is 3.07. The molecule has 0 aliphatic carbocycles. The van der Waals surface area contributed by atoms with Crippen molar-refractivity contribution in [3.05, 3.63) is 35.4 Å². The summed E-state index contributed by atoms with van der Waals surface area (Å²) in [7, 11) is 0. The van der Waals surface area contributed by atoms with Gasteiger partial charge >= 0.3 is 0 Å². The Morgan fingerprint density at radius 2 is 2.12 bits per heavy atom. The molecule has 1 aliphatic rings. The molecule has 0 aromatic heterocycles. The summed E-state index contributed by atoms with van der Waals surface area (Å²) in [4.78, 5) is 26.0. The van der Waals surface area contributed by atoms with Gasteiger partial charge in [0.25, 0.3) is 0 Å². The largest absolute Gasteiger partial charge is 0.356 e. The first-order valence-electron chi connectivity index (χ1n) is 8.09. The lowest BCUT2D eigenvalue weighted by molar-refractivity contribution is -0.134. The van der Waals surface area contributed by atoms with Crippen LogP contribution in [0, 0.1) is 17.6 Å². The first-order chi connectivity index (χ1) is 11.4. The summed E-state index contributed by atoms with van der Waals surface area (Å²) in [5.41, 5.74) is 0.566. The standard InChI is InChI=1S/C17H23F2N3O2/c1-11(2)9-21-16(23)8-15-17(24)20-5-6-22(15)10-12-3-4-13(18)14(19)7-12/h3-4,7,11,15H,5-6,8-10H2,1-2H3,(H,20,24)(H,21,23). The van der Waals surface area contributed by atoms with Crippen LogP contribution in [0.5, 0.6) is 0 Å². The molecule has 1 fully saturated rings. The molecule has 0 spiro atoms. The molecule has 2 N–H and O–H groups in total. The number of nitrogens with zero attached hydrogens (tertiary/aromatic N) is 1. The molecule has 1 atom stereocenters. The van der Waals surface area contributed by atoms with Crippen LogP contribution in [-0.2, 0) is 16.1 Å². The van der Waals surface area contributed by atoms with Crippen molar-refractivity contribution in [3.8, 4) is 0 Å². The molecule has 0 saturated carbocycles. The highest BCUT2D eigenvalue weighted by Crippen LogP contribution is 2.16. The highest BCUT2D eigenvalue weighted by molar-refractivity contribution is 5.88. The Labute approximate surface area is 140 Å². The summed E-state index contributed by atoms with van der Waals surface area (Å²) in [6.45, 7) is 5.83. The third-order valence-electron chi connectivity index (χ3n) is 3.90. The lowest BCUT2D eigenvalue weighted by atomic mass is 10.1. The number of benzene rings is 1. The zero-order chi connectivity index (χ0) is 17.7. The number of hydrogen-bond donors (Lipinski definition) is 2. The molecule has 0 radical (unpaired) electrons. The van der Waals surface area contributed by atoms with Crippen molar-refractivity contribution in [2.75, 3.05) is 19.6 Å². The molecule has 2 amide bonds. The quantitative estimate of drug-likeness (QED) is 0.824. The molecule has 0 bridgehead atoms. The molecule has 1 aromatic carbocycles. The van der Waals surface area contributed by atoms with E-state index in [0.717, 1.165) is 12.1 Å². The number of carbonyl (C=O) groups is 2. The Kier molecular flexibility index (Phi) is 6.25. The van der Waals surface area contributed by atoms with Crippen LogP contribution < -0.4 is 10.6 Å². The van der Waals surface area contributed by atoms with Gasteiger partial charge in [-0.15, -0.1) is 0 Å². The maximum atomic E-state index is 13.4. The Morgan fingerprint density at radius 3 is 2.79 bits per heavy atom. The Hall–Kier alpha value is -2.02. The molecule has 1 unspecified atom stereocenters. The van der Waals surface area contributed by atoms with Crippen molar-refractivity contribution in [2.45, 2.75) is 32.9 Å². The van der Waals surface area contributed by atoms with E-state index in [2.05, 4.69) is 10.6 Å². The van der Waals surface area contributed by atoms with Crippen molar-refractivity contribution < 1.29 is 18.4 Å². The fourth-order valence-corrected chi connectivity index (χ4v) is 2.61. The lowest BCUT2D eigenvalue weighted by Gasteiger charge is -2.34. The maximum Gasteiger partial charge on any atom is 0.237 e. The summed E-state index contributed by atoms with van der Waals surface area (Å²) in [5.74, 6) is -1.91. The number of amides is 2. The third-order valence-corrected chi connectivity index (χ3v) is 3.90. The van der Waals surface area contributed by atoms with Crippen molar-refractivity contribution in [3.63, 3.8) is 0 Å². The van der Waals surface area contributed by atoms with E-state index in [-0.39, 0.29) is 24.8 Å². The minimum Gasteiger partial charge on any atom is -0.356 e. The maximum absolute atomic E-state index is 13.4. The van der Waals surface area contributed by atoms with Gasteiger partial charge in [-0.05, 0) is 23.6 Å². The van der Waals surface area contributed by atoms with Crippen LogP contribution in [-0.4, -0.2) is 42.4 Å². The number of halogens is 2. The average molecular weight is 339 g/mol. The first-order valence-corrected chi connectivity index (χ1v) is 8.09. The van der Waals surface area contributed by atoms with Gasteiger partial charge in [-0.25, -0.2) is 8.78 Å². The lowest BCUT2D eigenvalue weighted by Crippen LogP contribution is -2.56. The van der Waals surface area contributed by atoms with E-state index in [9.17, 15) is 18.4 Å². The molecule has 1 saturated heterocycles. The molecular formula is C17H23F2N3O2. The summed E-state index contributed by atoms with van der Waals surface area (Å²) < 4.78 is 26.4. The molecular weight excluding hydrogens is 316 g/mol. The second kappa shape index (κ2) is 8.19. The number of hydrogen-bond acceptors (Lipinski definition) is 3. The van der Waals surface area contributed by atoms with Crippen LogP contribution in [0.2, 0.25) is 0 Å². The van der Waals surface area contributed by atoms with Crippen LogP contribution in [0.25, 0.3) is 0 Å². The van der Waals surface area contributed by atoms with Gasteiger partial charge in [0.2, 0.25) is 11.8 Å². The third kappa shape index (κ3) is 4.99. The van der Waals surface area contributed by atoms with E-state index < -0.39 is 17.7 Å². The van der Waals surface area contributed by atoms with Gasteiger partial charge in [0.1, 0.15) is 0 Å². The van der Waals surface area contributed by atoms with Crippen molar-refractivity contribution in [2.24, 2.45) is 5.92 Å². The van der Waals surface area contributed by atoms with E-state index in [0.29, 0.717) is 31.1 Å². The highest BCUT2D eigenvalue weighted by Gasteiger charge is 2.31. The van der Waals surface area contributed by atoms with Crippen LogP contribution in [0.15, 0.2) is 18.2 Å². The number of nitrogens with one attached hydrogen (secondary N) is 2. The zero-order valence-electron chi connectivity index (χ0n) is 13.9. The molecule has 2 rings (SSSR count). The van der Waals surface area contributed by atoms with E-state index >= 15 is 0 Å². The molecule has 1 heterocycles. The van der Waals surface area contributed by atoms with Crippen LogP contribution in [0.1, 0.15) is 25.8 Å². The molecule has 7 heteroatoms. The van der Waals surface area contributed by atoms with Crippen molar-refractivity contribution in [1.29, 1.82) is 0 Å². The van der Waals surface area contributed by atoms with Gasteiger partial charge < -0.3 is 10.6 Å². The number of carbonyl (C=O) groups excluding carboxylic acids is 2. The highest BCUT2D eigenvalue weighted by atomic mass is 19.2. The Morgan fingerprint density at radius 1 is 1.38 bits per heavy atom. The van der Waals surface area contributed by atoms with Gasteiger partial charge in [-0.3, -0.25) is 14.5 Å². The van der Waals surface area contributed by atoms with E-state index in [1.54, 1.807) is 0 Å². The van der Waals surface area contributed by atoms with Gasteiger partial charge in [0, 0.05) is 26.2 Å². The summed E-state index contributed by atoms with van der Waals surface area (Å²) in [5, 5.41) is 5.54. The zero-order valence-corrected chi connectivity index (χ0v) is 13.9. The van der Waals surface area contributed by atoms with Crippen LogP contribution >= 0.6 is 0 Å². The van der Waals surface area contributed by atoms with Crippen LogP contribution in [0.4, 0.5) is 8.78 Å². The molecule has 132 valence electrons. The van der Waals surface area contributed by atoms with Crippen LogP contribution in [0.3, 0.4) is 0 Å². The fraction of sp³-hybridized carbons (Fsp3) is 0.529. The summed E-state index contributed by atoms with van der Waals surface area (Å²) >= 11 is 0. The molecule has 5 nitrogen and oxygen atoms in total. The molecule has 1 aliphatic heterocycles. The smallest absolute Gasteiger partial charge is 0.237 e. The second-order valence-electron chi connectivity index (χ2n) is 6.43. The molecule has 24 heavy (non-hydrogen) atoms. The van der Waals surface area contributed by atoms with Crippen molar-refractivity contribution in [1.82, 2.24) is 15.5 Å². The molecule has 1 aromatic rings. The normalized spacial score (nSPS) is 18.5. The van der Waals surface area contributed by atoms with E-state index in [1.165, 1.54) is 6.07 Å². The average Bonchev–Trinajstić information content (AvgIpc) is 2.52. The van der Waals surface area contributed by atoms with Gasteiger partial charge in [-0.1, -0.05) is 19.9 Å².